The molecule has 2 fully saturated rings. The summed E-state index contributed by atoms with van der Waals surface area (Å²) in [6.45, 7) is 3.76. The van der Waals surface area contributed by atoms with Crippen LogP contribution >= 0.6 is 0 Å². The highest BCUT2D eigenvalue weighted by molar-refractivity contribution is 5.96. The second-order valence-electron chi connectivity index (χ2n) is 6.38. The summed E-state index contributed by atoms with van der Waals surface area (Å²) in [5.41, 5.74) is -0.876. The highest BCUT2D eigenvalue weighted by Gasteiger charge is 2.51. The summed E-state index contributed by atoms with van der Waals surface area (Å²) in [6, 6.07) is 2.31. The van der Waals surface area contributed by atoms with E-state index in [1.807, 2.05) is 6.92 Å². The topological polar surface area (TPSA) is 45.2 Å². The molecule has 23 heavy (non-hydrogen) atoms. The number of hydrogen-bond acceptors (Lipinski definition) is 3. The van der Waals surface area contributed by atoms with Gasteiger partial charge in [-0.1, -0.05) is 6.92 Å². The van der Waals surface area contributed by atoms with Gasteiger partial charge < -0.3 is 5.32 Å². The molecule has 0 saturated carbocycles. The van der Waals surface area contributed by atoms with Crippen LogP contribution in [0, 0.1) is 5.41 Å². The van der Waals surface area contributed by atoms with Crippen LogP contribution in [0.1, 0.15) is 38.2 Å². The van der Waals surface area contributed by atoms with Gasteiger partial charge in [-0.15, -0.1) is 0 Å². The summed E-state index contributed by atoms with van der Waals surface area (Å²) in [7, 11) is 0. The molecule has 2 aliphatic heterocycles. The van der Waals surface area contributed by atoms with E-state index in [1.165, 1.54) is 6.07 Å². The van der Waals surface area contributed by atoms with Crippen LogP contribution in [0.5, 0.6) is 0 Å². The van der Waals surface area contributed by atoms with E-state index < -0.39 is 11.7 Å². The monoisotopic (exact) mass is 327 g/mol. The van der Waals surface area contributed by atoms with Crippen LogP contribution in [-0.2, 0) is 11.0 Å². The van der Waals surface area contributed by atoms with Gasteiger partial charge in [0, 0.05) is 24.1 Å². The lowest BCUT2D eigenvalue weighted by Gasteiger charge is -2.40. The molecule has 4 nitrogen and oxygen atoms in total. The molecule has 0 aliphatic carbocycles. The first-order valence-electron chi connectivity index (χ1n) is 7.93. The van der Waals surface area contributed by atoms with Gasteiger partial charge >= 0.3 is 6.18 Å². The fraction of sp³-hybridized carbons (Fsp3) is 0.625. The minimum absolute atomic E-state index is 0.00124. The first-order chi connectivity index (χ1) is 10.9. The van der Waals surface area contributed by atoms with E-state index in [2.05, 4.69) is 10.3 Å². The third-order valence-corrected chi connectivity index (χ3v) is 5.10. The van der Waals surface area contributed by atoms with E-state index in [0.717, 1.165) is 44.6 Å². The van der Waals surface area contributed by atoms with Crippen LogP contribution in [-0.4, -0.2) is 30.0 Å². The molecule has 1 spiro atoms. The van der Waals surface area contributed by atoms with E-state index in [0.29, 0.717) is 12.2 Å². The number of rotatable bonds is 2. The third-order valence-electron chi connectivity index (χ3n) is 5.10. The molecule has 1 unspecified atom stereocenters. The van der Waals surface area contributed by atoms with Gasteiger partial charge in [-0.25, -0.2) is 4.98 Å². The molecule has 0 aromatic carbocycles. The minimum atomic E-state index is -4.42. The molecule has 0 bridgehead atoms. The van der Waals surface area contributed by atoms with E-state index in [9.17, 15) is 18.0 Å². The Morgan fingerprint density at radius 2 is 2.04 bits per heavy atom. The predicted molar refractivity (Wildman–Crippen MR) is 80.0 cm³/mol. The van der Waals surface area contributed by atoms with Crippen molar-refractivity contribution in [3.63, 3.8) is 0 Å². The Bertz CT molecular complexity index is 579. The van der Waals surface area contributed by atoms with Crippen molar-refractivity contribution >= 4 is 11.7 Å². The van der Waals surface area contributed by atoms with Crippen molar-refractivity contribution in [2.75, 3.05) is 18.0 Å². The van der Waals surface area contributed by atoms with Gasteiger partial charge in [0.05, 0.1) is 5.56 Å². The fourth-order valence-electron chi connectivity index (χ4n) is 3.99. The Balaban J connectivity index is 1.90. The number of nitrogens with zero attached hydrogens (tertiary/aromatic N) is 2. The Labute approximate surface area is 133 Å². The summed E-state index contributed by atoms with van der Waals surface area (Å²) in [5.74, 6) is 0.288. The zero-order valence-electron chi connectivity index (χ0n) is 13.0. The lowest BCUT2D eigenvalue weighted by molar-refractivity contribution is -0.137. The number of halogens is 3. The van der Waals surface area contributed by atoms with Crippen molar-refractivity contribution < 1.29 is 18.0 Å². The van der Waals surface area contributed by atoms with Crippen LogP contribution in [0.15, 0.2) is 18.3 Å². The molecule has 1 amide bonds. The van der Waals surface area contributed by atoms with Crippen molar-refractivity contribution in [2.24, 2.45) is 5.41 Å². The number of amides is 1. The molecular formula is C16H20F3N3O. The number of aromatic nitrogens is 1. The second kappa shape index (κ2) is 5.78. The Hall–Kier alpha value is -1.63. The Kier molecular flexibility index (Phi) is 4.08. The molecule has 1 N–H and O–H groups in total. The lowest BCUT2D eigenvalue weighted by Crippen LogP contribution is -2.46. The van der Waals surface area contributed by atoms with E-state index in [4.69, 9.17) is 0 Å². The largest absolute Gasteiger partial charge is 0.417 e. The average molecular weight is 327 g/mol. The smallest absolute Gasteiger partial charge is 0.317 e. The summed E-state index contributed by atoms with van der Waals surface area (Å²) in [5, 5.41) is 3.30. The first kappa shape index (κ1) is 16.2. The van der Waals surface area contributed by atoms with Crippen molar-refractivity contribution in [3.05, 3.63) is 23.9 Å². The molecule has 1 aromatic heterocycles. The van der Waals surface area contributed by atoms with E-state index in [1.54, 1.807) is 4.90 Å². The molecular weight excluding hydrogens is 307 g/mol. The zero-order chi connectivity index (χ0) is 16.7. The van der Waals surface area contributed by atoms with Crippen LogP contribution in [0.3, 0.4) is 0 Å². The van der Waals surface area contributed by atoms with Gasteiger partial charge in [-0.3, -0.25) is 9.69 Å². The van der Waals surface area contributed by atoms with Crippen LogP contribution in [0.25, 0.3) is 0 Å². The average Bonchev–Trinajstić information content (AvgIpc) is 2.78. The number of anilines is 1. The normalized spacial score (nSPS) is 24.4. The number of nitrogens with one attached hydrogen (secondary N) is 1. The molecule has 2 aliphatic rings. The van der Waals surface area contributed by atoms with Gasteiger partial charge in [0.25, 0.3) is 0 Å². The van der Waals surface area contributed by atoms with Gasteiger partial charge in [-0.2, -0.15) is 13.2 Å². The van der Waals surface area contributed by atoms with E-state index >= 15 is 0 Å². The maximum atomic E-state index is 12.7. The maximum Gasteiger partial charge on any atom is 0.417 e. The van der Waals surface area contributed by atoms with Gasteiger partial charge in [0.1, 0.15) is 5.82 Å². The summed E-state index contributed by atoms with van der Waals surface area (Å²) in [4.78, 5) is 18.1. The number of piperidine rings is 1. The second-order valence-corrected chi connectivity index (χ2v) is 6.38. The molecule has 3 heterocycles. The number of carbonyl (C=O) groups excluding carboxylic acids is 1. The Morgan fingerprint density at radius 3 is 2.57 bits per heavy atom. The number of hydrogen-bond donors (Lipinski definition) is 1. The number of alkyl halides is 3. The van der Waals surface area contributed by atoms with Gasteiger partial charge in [0.15, 0.2) is 0 Å². The molecule has 126 valence electrons. The van der Waals surface area contributed by atoms with Gasteiger partial charge in [0.2, 0.25) is 5.91 Å². The first-order valence-corrected chi connectivity index (χ1v) is 7.93. The summed E-state index contributed by atoms with van der Waals surface area (Å²) < 4.78 is 38.0. The third kappa shape index (κ3) is 2.82. The standard InChI is InChI=1S/C16H20F3N3O/c1-2-12-15(5-7-20-8-6-15)9-14(23)22(12)13-4-3-11(10-21-13)16(17,18)19/h3-4,10,12,20H,2,5-9H2,1H3. The summed E-state index contributed by atoms with van der Waals surface area (Å²) in [6.07, 6.45) is -0.559. The quantitative estimate of drug-likeness (QED) is 0.908. The van der Waals surface area contributed by atoms with Crippen LogP contribution < -0.4 is 10.2 Å². The number of carbonyl (C=O) groups is 1. The predicted octanol–water partition coefficient (Wildman–Crippen LogP) is 2.99. The molecule has 2 saturated heterocycles. The molecule has 3 rings (SSSR count). The van der Waals surface area contributed by atoms with Crippen molar-refractivity contribution in [2.45, 2.75) is 44.8 Å². The fourth-order valence-corrected chi connectivity index (χ4v) is 3.99. The van der Waals surface area contributed by atoms with Crippen molar-refractivity contribution in [3.8, 4) is 0 Å². The number of pyridine rings is 1. The zero-order valence-corrected chi connectivity index (χ0v) is 13.0. The lowest BCUT2D eigenvalue weighted by atomic mass is 9.72. The Morgan fingerprint density at radius 1 is 1.35 bits per heavy atom. The highest BCUT2D eigenvalue weighted by atomic mass is 19.4. The SMILES string of the molecule is CCC1N(c2ccc(C(F)(F)F)cn2)C(=O)CC12CCNCC2. The molecule has 1 aromatic rings. The van der Waals surface area contributed by atoms with Crippen LogP contribution in [0.4, 0.5) is 19.0 Å². The van der Waals surface area contributed by atoms with E-state index in [-0.39, 0.29) is 17.4 Å². The van der Waals surface area contributed by atoms with Gasteiger partial charge in [-0.05, 0) is 44.5 Å². The van der Waals surface area contributed by atoms with Crippen molar-refractivity contribution in [1.29, 1.82) is 0 Å². The van der Waals surface area contributed by atoms with Crippen LogP contribution in [0.2, 0.25) is 0 Å². The molecule has 7 heteroatoms. The minimum Gasteiger partial charge on any atom is -0.317 e. The van der Waals surface area contributed by atoms with Crippen molar-refractivity contribution in [1.82, 2.24) is 10.3 Å². The maximum absolute atomic E-state index is 12.7. The highest BCUT2D eigenvalue weighted by Crippen LogP contribution is 2.47. The molecule has 0 radical (unpaired) electrons. The summed E-state index contributed by atoms with van der Waals surface area (Å²) >= 11 is 0. The molecule has 1 atom stereocenters.